The minimum absolute atomic E-state index is 0.0116. The van der Waals surface area contributed by atoms with E-state index in [0.29, 0.717) is 19.4 Å². The van der Waals surface area contributed by atoms with Crippen molar-refractivity contribution in [2.75, 3.05) is 13.2 Å². The normalized spacial score (nSPS) is 24.9. The summed E-state index contributed by atoms with van der Waals surface area (Å²) in [6, 6.07) is 7.67. The minimum Gasteiger partial charge on any atom is -0.396 e. The van der Waals surface area contributed by atoms with Crippen LogP contribution < -0.4 is 0 Å². The molecule has 0 amide bonds. The van der Waals surface area contributed by atoms with Crippen molar-refractivity contribution in [2.24, 2.45) is 0 Å². The summed E-state index contributed by atoms with van der Waals surface area (Å²) in [5, 5.41) is 9.53. The molecule has 1 aliphatic rings. The maximum absolute atomic E-state index is 8.79. The molecule has 0 spiro atoms. The lowest BCUT2D eigenvalue weighted by Gasteiger charge is -2.11. The third-order valence-electron chi connectivity index (χ3n) is 2.61. The predicted molar refractivity (Wildman–Crippen MR) is 61.5 cm³/mol. The monoisotopic (exact) mass is 242 g/mol. The Labute approximate surface area is 99.9 Å². The van der Waals surface area contributed by atoms with Crippen LogP contribution in [0.1, 0.15) is 12.0 Å². The molecule has 16 heavy (non-hydrogen) atoms. The van der Waals surface area contributed by atoms with E-state index >= 15 is 0 Å². The molecule has 1 heterocycles. The van der Waals surface area contributed by atoms with Crippen LogP contribution in [0.3, 0.4) is 0 Å². The molecule has 0 saturated carbocycles. The molecule has 0 bridgehead atoms. The SMILES string of the molecule is OCCC1COC(Cc2ccccc2Cl)O1. The van der Waals surface area contributed by atoms with E-state index in [2.05, 4.69) is 0 Å². The summed E-state index contributed by atoms with van der Waals surface area (Å²) in [5.41, 5.74) is 1.03. The summed E-state index contributed by atoms with van der Waals surface area (Å²) in [4.78, 5) is 0. The molecule has 2 unspecified atom stereocenters. The first-order valence-electron chi connectivity index (χ1n) is 5.41. The lowest BCUT2D eigenvalue weighted by molar-refractivity contribution is -0.0583. The smallest absolute Gasteiger partial charge is 0.162 e. The van der Waals surface area contributed by atoms with Crippen molar-refractivity contribution in [2.45, 2.75) is 25.2 Å². The zero-order valence-corrected chi connectivity index (χ0v) is 9.69. The van der Waals surface area contributed by atoms with E-state index in [1.807, 2.05) is 24.3 Å². The Morgan fingerprint density at radius 1 is 1.38 bits per heavy atom. The lowest BCUT2D eigenvalue weighted by Crippen LogP contribution is -2.15. The molecule has 0 radical (unpaired) electrons. The van der Waals surface area contributed by atoms with Gasteiger partial charge < -0.3 is 14.6 Å². The van der Waals surface area contributed by atoms with Gasteiger partial charge in [0.1, 0.15) is 0 Å². The number of hydrogen-bond donors (Lipinski definition) is 1. The van der Waals surface area contributed by atoms with Gasteiger partial charge in [-0.3, -0.25) is 0 Å². The third kappa shape index (κ3) is 2.95. The second-order valence-corrected chi connectivity index (χ2v) is 4.24. The molecule has 1 fully saturated rings. The number of aliphatic hydroxyl groups is 1. The number of benzene rings is 1. The van der Waals surface area contributed by atoms with E-state index < -0.39 is 0 Å². The predicted octanol–water partition coefficient (Wildman–Crippen LogP) is 2.01. The highest BCUT2D eigenvalue weighted by Gasteiger charge is 2.25. The molecule has 1 aliphatic heterocycles. The quantitative estimate of drug-likeness (QED) is 0.878. The summed E-state index contributed by atoms with van der Waals surface area (Å²) in [5.74, 6) is 0. The van der Waals surface area contributed by atoms with Crippen LogP contribution in [0.5, 0.6) is 0 Å². The Morgan fingerprint density at radius 3 is 2.94 bits per heavy atom. The molecular formula is C12H15ClO3. The molecule has 0 aliphatic carbocycles. The van der Waals surface area contributed by atoms with Crippen molar-refractivity contribution >= 4 is 11.6 Å². The zero-order chi connectivity index (χ0) is 11.4. The molecule has 1 saturated heterocycles. The van der Waals surface area contributed by atoms with E-state index in [4.69, 9.17) is 26.2 Å². The van der Waals surface area contributed by atoms with Crippen molar-refractivity contribution in [3.8, 4) is 0 Å². The highest BCUT2D eigenvalue weighted by atomic mass is 35.5. The van der Waals surface area contributed by atoms with Gasteiger partial charge in [0.2, 0.25) is 0 Å². The highest BCUT2D eigenvalue weighted by molar-refractivity contribution is 6.31. The van der Waals surface area contributed by atoms with Gasteiger partial charge >= 0.3 is 0 Å². The van der Waals surface area contributed by atoms with Gasteiger partial charge in [-0.15, -0.1) is 0 Å². The van der Waals surface area contributed by atoms with E-state index in [1.165, 1.54) is 0 Å². The average molecular weight is 243 g/mol. The van der Waals surface area contributed by atoms with Crippen molar-refractivity contribution in [1.29, 1.82) is 0 Å². The Bertz CT molecular complexity index is 343. The fraction of sp³-hybridized carbons (Fsp3) is 0.500. The van der Waals surface area contributed by atoms with Gasteiger partial charge in [0.05, 0.1) is 12.7 Å². The molecule has 1 aromatic carbocycles. The molecule has 3 nitrogen and oxygen atoms in total. The second-order valence-electron chi connectivity index (χ2n) is 3.83. The van der Waals surface area contributed by atoms with Crippen LogP contribution in [0.2, 0.25) is 5.02 Å². The lowest BCUT2D eigenvalue weighted by atomic mass is 10.1. The molecule has 4 heteroatoms. The fourth-order valence-corrected chi connectivity index (χ4v) is 1.97. The van der Waals surface area contributed by atoms with Gasteiger partial charge in [-0.25, -0.2) is 0 Å². The summed E-state index contributed by atoms with van der Waals surface area (Å²) < 4.78 is 11.1. The van der Waals surface area contributed by atoms with E-state index in [0.717, 1.165) is 10.6 Å². The van der Waals surface area contributed by atoms with Crippen molar-refractivity contribution < 1.29 is 14.6 Å². The molecule has 2 atom stereocenters. The first-order chi connectivity index (χ1) is 7.79. The molecule has 88 valence electrons. The maximum atomic E-state index is 8.79. The van der Waals surface area contributed by atoms with Crippen LogP contribution in [0.15, 0.2) is 24.3 Å². The third-order valence-corrected chi connectivity index (χ3v) is 2.98. The van der Waals surface area contributed by atoms with Crippen molar-refractivity contribution in [3.05, 3.63) is 34.9 Å². The maximum Gasteiger partial charge on any atom is 0.162 e. The van der Waals surface area contributed by atoms with Gasteiger partial charge in [0.15, 0.2) is 6.29 Å². The van der Waals surface area contributed by atoms with Gasteiger partial charge in [0, 0.05) is 18.1 Å². The summed E-state index contributed by atoms with van der Waals surface area (Å²) >= 11 is 6.05. The van der Waals surface area contributed by atoms with Crippen LogP contribution in [0, 0.1) is 0 Å². The van der Waals surface area contributed by atoms with Crippen LogP contribution in [0.4, 0.5) is 0 Å². The zero-order valence-electron chi connectivity index (χ0n) is 8.93. The minimum atomic E-state index is -0.239. The number of rotatable bonds is 4. The van der Waals surface area contributed by atoms with E-state index in [-0.39, 0.29) is 19.0 Å². The largest absolute Gasteiger partial charge is 0.396 e. The number of hydrogen-bond acceptors (Lipinski definition) is 3. The highest BCUT2D eigenvalue weighted by Crippen LogP contribution is 2.22. The Morgan fingerprint density at radius 2 is 2.19 bits per heavy atom. The Balaban J connectivity index is 1.90. The number of halogens is 1. The molecular weight excluding hydrogens is 228 g/mol. The van der Waals surface area contributed by atoms with Crippen LogP contribution in [-0.2, 0) is 15.9 Å². The molecule has 1 N–H and O–H groups in total. The van der Waals surface area contributed by atoms with E-state index in [1.54, 1.807) is 0 Å². The van der Waals surface area contributed by atoms with Gasteiger partial charge in [-0.05, 0) is 18.1 Å². The van der Waals surface area contributed by atoms with Crippen LogP contribution >= 0.6 is 11.6 Å². The van der Waals surface area contributed by atoms with E-state index in [9.17, 15) is 0 Å². The van der Waals surface area contributed by atoms with Crippen LogP contribution in [0.25, 0.3) is 0 Å². The number of ether oxygens (including phenoxy) is 2. The first-order valence-corrected chi connectivity index (χ1v) is 5.78. The van der Waals surface area contributed by atoms with Gasteiger partial charge in [-0.1, -0.05) is 29.8 Å². The number of aliphatic hydroxyl groups excluding tert-OH is 1. The average Bonchev–Trinajstić information content (AvgIpc) is 2.70. The van der Waals surface area contributed by atoms with Gasteiger partial charge in [0.25, 0.3) is 0 Å². The van der Waals surface area contributed by atoms with Crippen molar-refractivity contribution in [1.82, 2.24) is 0 Å². The summed E-state index contributed by atoms with van der Waals surface area (Å²) in [6.45, 7) is 0.683. The van der Waals surface area contributed by atoms with Gasteiger partial charge in [-0.2, -0.15) is 0 Å². The van der Waals surface area contributed by atoms with Crippen LogP contribution in [-0.4, -0.2) is 30.7 Å². The Hall–Kier alpha value is -0.610. The summed E-state index contributed by atoms with van der Waals surface area (Å²) in [6.07, 6.45) is 1.05. The first kappa shape index (κ1) is 11.9. The fourth-order valence-electron chi connectivity index (χ4n) is 1.75. The molecule has 0 aromatic heterocycles. The topological polar surface area (TPSA) is 38.7 Å². The Kier molecular flexibility index (Phi) is 4.18. The molecule has 1 aromatic rings. The summed E-state index contributed by atoms with van der Waals surface area (Å²) in [7, 11) is 0. The second kappa shape index (κ2) is 5.64. The van der Waals surface area contributed by atoms with Crippen molar-refractivity contribution in [3.63, 3.8) is 0 Å². The standard InChI is InChI=1S/C12H15ClO3/c13-11-4-2-1-3-9(11)7-12-15-8-10(16-12)5-6-14/h1-4,10,12,14H,5-8H2. The molecule has 2 rings (SSSR count).